The third kappa shape index (κ3) is 2.60. The van der Waals surface area contributed by atoms with Crippen molar-refractivity contribution in [1.29, 1.82) is 0 Å². The molecule has 0 spiro atoms. The fraction of sp³-hybridized carbons (Fsp3) is 1.00. The van der Waals surface area contributed by atoms with Crippen LogP contribution in [0.3, 0.4) is 0 Å². The van der Waals surface area contributed by atoms with E-state index in [9.17, 15) is 4.57 Å². The van der Waals surface area contributed by atoms with Gasteiger partial charge in [-0.3, -0.25) is 4.57 Å². The largest absolute Gasteiger partial charge is 0.378 e. The lowest BCUT2D eigenvalue weighted by Crippen LogP contribution is -2.46. The maximum atomic E-state index is 10.9. The van der Waals surface area contributed by atoms with Crippen LogP contribution >= 0.6 is 8.25 Å². The van der Waals surface area contributed by atoms with E-state index in [2.05, 4.69) is 0 Å². The number of rotatable bonds is 6. The maximum Gasteiger partial charge on any atom is 0.317 e. The van der Waals surface area contributed by atoms with Crippen molar-refractivity contribution in [2.45, 2.75) is 37.2 Å². The predicted octanol–water partition coefficient (Wildman–Crippen LogP) is -0.693. The molecule has 0 radical (unpaired) electrons. The van der Waals surface area contributed by atoms with Crippen LogP contribution in [0.25, 0.3) is 0 Å². The molecule has 2 fully saturated rings. The zero-order valence-electron chi connectivity index (χ0n) is 10.0. The predicted molar refractivity (Wildman–Crippen MR) is 63.1 cm³/mol. The molecule has 8 heteroatoms. The summed E-state index contributed by atoms with van der Waals surface area (Å²) in [6, 6.07) is -0.139. The third-order valence-electron chi connectivity index (χ3n) is 3.14. The van der Waals surface area contributed by atoms with Crippen LogP contribution in [0, 0.1) is 0 Å². The van der Waals surface area contributed by atoms with Gasteiger partial charge in [0.05, 0.1) is 19.2 Å². The van der Waals surface area contributed by atoms with Crippen LogP contribution in [0.2, 0.25) is 0 Å². The lowest BCUT2D eigenvalue weighted by atomic mass is 9.92. The minimum absolute atomic E-state index is 0.139. The highest BCUT2D eigenvalue weighted by atomic mass is 31.1. The van der Waals surface area contributed by atoms with Crippen molar-refractivity contribution in [3.8, 4) is 0 Å². The van der Waals surface area contributed by atoms with E-state index in [0.29, 0.717) is 19.8 Å². The van der Waals surface area contributed by atoms with Gasteiger partial charge in [-0.1, -0.05) is 6.92 Å². The summed E-state index contributed by atoms with van der Waals surface area (Å²) < 4.78 is 32.8. The lowest BCUT2D eigenvalue weighted by Gasteiger charge is -2.30. The normalized spacial score (nSPS) is 41.9. The van der Waals surface area contributed by atoms with E-state index in [0.717, 1.165) is 6.42 Å². The van der Waals surface area contributed by atoms with Gasteiger partial charge in [-0.15, -0.1) is 0 Å². The Balaban J connectivity index is 2.04. The highest BCUT2D eigenvalue weighted by molar-refractivity contribution is 7.32. The van der Waals surface area contributed by atoms with E-state index >= 15 is 0 Å². The van der Waals surface area contributed by atoms with Gasteiger partial charge in [-0.25, -0.2) is 0 Å². The molecule has 98 valence electrons. The lowest BCUT2D eigenvalue weighted by molar-refractivity contribution is -0.145. The Hall–Kier alpha value is 0.0949. The van der Waals surface area contributed by atoms with Crippen LogP contribution < -0.4 is 0 Å². The second kappa shape index (κ2) is 5.39. The van der Waals surface area contributed by atoms with Gasteiger partial charge >= 0.3 is 8.25 Å². The average Bonchev–Trinajstić information content (AvgIpc) is 2.69. The molecule has 2 bridgehead atoms. The van der Waals surface area contributed by atoms with Crippen molar-refractivity contribution in [2.75, 3.05) is 19.8 Å². The van der Waals surface area contributed by atoms with E-state index in [1.165, 1.54) is 0 Å². The van der Waals surface area contributed by atoms with Crippen molar-refractivity contribution >= 4 is 16.1 Å². The fourth-order valence-electron chi connectivity index (χ4n) is 2.46. The van der Waals surface area contributed by atoms with E-state index in [1.807, 2.05) is 14.8 Å². The maximum absolute atomic E-state index is 10.9. The van der Waals surface area contributed by atoms with Crippen molar-refractivity contribution in [3.63, 3.8) is 0 Å². The number of hydrogen-bond donors (Lipinski definition) is 1. The van der Waals surface area contributed by atoms with Gasteiger partial charge in [-0.05, 0) is 6.42 Å². The molecule has 6 nitrogen and oxygen atoms in total. The van der Waals surface area contributed by atoms with Gasteiger partial charge in [0, 0.05) is 6.61 Å². The Bertz CT molecular complexity index is 303. The zero-order valence-corrected chi connectivity index (χ0v) is 11.0. The van der Waals surface area contributed by atoms with Crippen LogP contribution in [-0.2, 0) is 23.3 Å². The van der Waals surface area contributed by atoms with Gasteiger partial charge in [0.1, 0.15) is 25.7 Å². The standard InChI is InChI=1S/C9H18BO6P/c1-2-3-13-4-9-5-14-6(8(10)15-9)7(9)16-17(11)12/h6-8,17H,2-5,10H2,1H3,(H,11,12)/t6?,7?,8?,9-/m0/s1. The molecule has 17 heavy (non-hydrogen) atoms. The Labute approximate surface area is 102 Å². The van der Waals surface area contributed by atoms with E-state index in [4.69, 9.17) is 23.6 Å². The minimum atomic E-state index is -3.00. The molecular formula is C9H18BO6P. The molecule has 2 saturated heterocycles. The first-order valence-corrected chi connectivity index (χ1v) is 7.12. The fourth-order valence-corrected chi connectivity index (χ4v) is 3.02. The van der Waals surface area contributed by atoms with Crippen LogP contribution in [0.1, 0.15) is 13.3 Å². The molecule has 2 aliphatic rings. The third-order valence-corrected chi connectivity index (χ3v) is 3.60. The topological polar surface area (TPSA) is 74.2 Å². The van der Waals surface area contributed by atoms with Crippen molar-refractivity contribution in [1.82, 2.24) is 0 Å². The number of ether oxygens (including phenoxy) is 3. The van der Waals surface area contributed by atoms with Crippen molar-refractivity contribution in [3.05, 3.63) is 0 Å². The Morgan fingerprint density at radius 3 is 3.00 bits per heavy atom. The van der Waals surface area contributed by atoms with Crippen LogP contribution in [-0.4, -0.2) is 56.4 Å². The van der Waals surface area contributed by atoms with Gasteiger partial charge < -0.3 is 23.6 Å². The zero-order chi connectivity index (χ0) is 12.5. The average molecular weight is 264 g/mol. The molecule has 2 rings (SSSR count). The minimum Gasteiger partial charge on any atom is -0.378 e. The smallest absolute Gasteiger partial charge is 0.317 e. The molecule has 0 saturated carbocycles. The highest BCUT2D eigenvalue weighted by Crippen LogP contribution is 2.44. The van der Waals surface area contributed by atoms with E-state index in [1.54, 1.807) is 0 Å². The summed E-state index contributed by atoms with van der Waals surface area (Å²) in [6.07, 6.45) is 0.130. The Morgan fingerprint density at radius 1 is 1.65 bits per heavy atom. The number of hydrogen-bond acceptors (Lipinski definition) is 5. The second-order valence-corrected chi connectivity index (χ2v) is 5.29. The first kappa shape index (κ1) is 13.5. The van der Waals surface area contributed by atoms with Crippen LogP contribution in [0.4, 0.5) is 0 Å². The highest BCUT2D eigenvalue weighted by Gasteiger charge is 2.61. The second-order valence-electron chi connectivity index (χ2n) is 4.52. The molecule has 0 aromatic carbocycles. The summed E-state index contributed by atoms with van der Waals surface area (Å²) in [4.78, 5) is 8.92. The summed E-state index contributed by atoms with van der Waals surface area (Å²) in [5, 5.41) is 0. The van der Waals surface area contributed by atoms with Gasteiger partial charge in [-0.2, -0.15) is 0 Å². The molecule has 5 atom stereocenters. The summed E-state index contributed by atoms with van der Waals surface area (Å²) in [5.74, 6) is 0. The van der Waals surface area contributed by atoms with Gasteiger partial charge in [0.15, 0.2) is 0 Å². The number of fused-ring (bicyclic) bond motifs is 2. The summed E-state index contributed by atoms with van der Waals surface area (Å²) >= 11 is 0. The SMILES string of the molecule is BC1O[C@@]2(COCCC)COC1C2O[PH](=O)O. The molecule has 1 N–H and O–H groups in total. The molecular weight excluding hydrogens is 246 g/mol. The molecule has 0 aliphatic carbocycles. The van der Waals surface area contributed by atoms with Crippen molar-refractivity contribution in [2.24, 2.45) is 0 Å². The van der Waals surface area contributed by atoms with Crippen LogP contribution in [0.15, 0.2) is 0 Å². The monoisotopic (exact) mass is 264 g/mol. The molecule has 0 amide bonds. The molecule has 4 unspecified atom stereocenters. The Morgan fingerprint density at radius 2 is 2.41 bits per heavy atom. The molecule has 0 aromatic rings. The quantitative estimate of drug-likeness (QED) is 0.389. The molecule has 2 heterocycles. The van der Waals surface area contributed by atoms with E-state index < -0.39 is 20.0 Å². The molecule has 2 aliphatic heterocycles. The van der Waals surface area contributed by atoms with Gasteiger partial charge in [0.25, 0.3) is 0 Å². The molecule has 0 aromatic heterocycles. The summed E-state index contributed by atoms with van der Waals surface area (Å²) in [5.41, 5.74) is -0.720. The first-order valence-electron chi connectivity index (χ1n) is 5.86. The van der Waals surface area contributed by atoms with Crippen molar-refractivity contribution < 1.29 is 28.2 Å². The first-order chi connectivity index (χ1) is 8.09. The summed E-state index contributed by atoms with van der Waals surface area (Å²) in [7, 11) is -1.13. The Kier molecular flexibility index (Phi) is 4.28. The van der Waals surface area contributed by atoms with Crippen LogP contribution in [0.5, 0.6) is 0 Å². The summed E-state index contributed by atoms with van der Waals surface area (Å²) in [6.45, 7) is 3.34. The van der Waals surface area contributed by atoms with Gasteiger partial charge in [0.2, 0.25) is 0 Å². The van der Waals surface area contributed by atoms with E-state index in [-0.39, 0.29) is 12.1 Å².